The molecule has 0 spiro atoms. The third-order valence-corrected chi connectivity index (χ3v) is 3.27. The Kier molecular flexibility index (Phi) is 3.28. The Bertz CT molecular complexity index is 828. The highest BCUT2D eigenvalue weighted by atomic mass is 16.4. The van der Waals surface area contributed by atoms with Crippen LogP contribution in [-0.4, -0.2) is 16.1 Å². The highest BCUT2D eigenvalue weighted by Gasteiger charge is 2.10. The molecular formula is C17H14N2O2. The predicted octanol–water partition coefficient (Wildman–Crippen LogP) is 3.99. The van der Waals surface area contributed by atoms with Crippen molar-refractivity contribution in [2.75, 3.05) is 5.32 Å². The maximum Gasteiger partial charge on any atom is 0.337 e. The van der Waals surface area contributed by atoms with Crippen molar-refractivity contribution in [1.29, 1.82) is 0 Å². The standard InChI is InChI=1S/C17H14N2O2/c1-11-6-7-16(14(8-11)17(20)21)19-13-9-12-4-2-3-5-15(12)18-10-13/h2-10,19H,1H3,(H,20,21). The third-order valence-electron chi connectivity index (χ3n) is 3.27. The smallest absolute Gasteiger partial charge is 0.337 e. The van der Waals surface area contributed by atoms with E-state index in [1.165, 1.54) is 0 Å². The zero-order valence-corrected chi connectivity index (χ0v) is 11.5. The van der Waals surface area contributed by atoms with E-state index in [-0.39, 0.29) is 5.56 Å². The fourth-order valence-electron chi connectivity index (χ4n) is 2.24. The van der Waals surface area contributed by atoms with Crippen molar-refractivity contribution < 1.29 is 9.90 Å². The summed E-state index contributed by atoms with van der Waals surface area (Å²) >= 11 is 0. The van der Waals surface area contributed by atoms with E-state index in [1.54, 1.807) is 18.3 Å². The lowest BCUT2D eigenvalue weighted by Gasteiger charge is -2.10. The van der Waals surface area contributed by atoms with Crippen molar-refractivity contribution in [1.82, 2.24) is 4.98 Å². The van der Waals surface area contributed by atoms with Crippen LogP contribution < -0.4 is 5.32 Å². The highest BCUT2D eigenvalue weighted by Crippen LogP contribution is 2.24. The molecule has 0 saturated heterocycles. The van der Waals surface area contributed by atoms with E-state index < -0.39 is 5.97 Å². The number of hydrogen-bond acceptors (Lipinski definition) is 3. The molecule has 104 valence electrons. The summed E-state index contributed by atoms with van der Waals surface area (Å²) in [4.78, 5) is 15.7. The van der Waals surface area contributed by atoms with Crippen LogP contribution >= 0.6 is 0 Å². The molecule has 0 radical (unpaired) electrons. The summed E-state index contributed by atoms with van der Waals surface area (Å²) in [5.74, 6) is -0.949. The fraction of sp³-hybridized carbons (Fsp3) is 0.0588. The molecular weight excluding hydrogens is 264 g/mol. The van der Waals surface area contributed by atoms with Crippen LogP contribution in [0.2, 0.25) is 0 Å². The van der Waals surface area contributed by atoms with Crippen LogP contribution in [0.3, 0.4) is 0 Å². The lowest BCUT2D eigenvalue weighted by molar-refractivity contribution is 0.0698. The van der Waals surface area contributed by atoms with Gasteiger partial charge in [0.15, 0.2) is 0 Å². The molecule has 1 heterocycles. The number of fused-ring (bicyclic) bond motifs is 1. The lowest BCUT2D eigenvalue weighted by atomic mass is 10.1. The van der Waals surface area contributed by atoms with Crippen molar-refractivity contribution >= 4 is 28.2 Å². The van der Waals surface area contributed by atoms with Crippen molar-refractivity contribution in [3.63, 3.8) is 0 Å². The Morgan fingerprint density at radius 1 is 1.14 bits per heavy atom. The number of para-hydroxylation sites is 1. The SMILES string of the molecule is Cc1ccc(Nc2cnc3ccccc3c2)c(C(=O)O)c1. The topological polar surface area (TPSA) is 62.2 Å². The predicted molar refractivity (Wildman–Crippen MR) is 83.2 cm³/mol. The first kappa shape index (κ1) is 13.1. The number of pyridine rings is 1. The van der Waals surface area contributed by atoms with E-state index in [2.05, 4.69) is 10.3 Å². The largest absolute Gasteiger partial charge is 0.478 e. The maximum absolute atomic E-state index is 11.3. The molecule has 4 nitrogen and oxygen atoms in total. The Morgan fingerprint density at radius 2 is 1.95 bits per heavy atom. The first-order chi connectivity index (χ1) is 10.1. The second-order valence-electron chi connectivity index (χ2n) is 4.90. The van der Waals surface area contributed by atoms with Gasteiger partial charge in [-0.3, -0.25) is 4.98 Å². The van der Waals surface area contributed by atoms with Gasteiger partial charge < -0.3 is 10.4 Å². The van der Waals surface area contributed by atoms with Gasteiger partial charge >= 0.3 is 5.97 Å². The molecule has 1 aromatic heterocycles. The molecule has 0 aliphatic carbocycles. The van der Waals surface area contributed by atoms with Gasteiger partial charge in [0, 0.05) is 5.39 Å². The number of nitrogens with zero attached hydrogens (tertiary/aromatic N) is 1. The van der Waals surface area contributed by atoms with Crippen LogP contribution in [0.1, 0.15) is 15.9 Å². The van der Waals surface area contributed by atoms with Gasteiger partial charge in [-0.15, -0.1) is 0 Å². The molecule has 3 aromatic rings. The van der Waals surface area contributed by atoms with Crippen LogP contribution in [-0.2, 0) is 0 Å². The molecule has 0 aliphatic rings. The highest BCUT2D eigenvalue weighted by molar-refractivity contribution is 5.95. The van der Waals surface area contributed by atoms with E-state index in [9.17, 15) is 9.90 Å². The number of hydrogen-bond donors (Lipinski definition) is 2. The Labute approximate surface area is 122 Å². The van der Waals surface area contributed by atoms with Gasteiger partial charge in [0.2, 0.25) is 0 Å². The van der Waals surface area contributed by atoms with Crippen LogP contribution in [0.4, 0.5) is 11.4 Å². The monoisotopic (exact) mass is 278 g/mol. The molecule has 0 amide bonds. The molecule has 0 unspecified atom stereocenters. The average Bonchev–Trinajstić information content (AvgIpc) is 2.49. The molecule has 0 fully saturated rings. The van der Waals surface area contributed by atoms with Gasteiger partial charge in [-0.25, -0.2) is 4.79 Å². The number of aromatic nitrogens is 1. The Balaban J connectivity index is 2.00. The molecule has 0 aliphatic heterocycles. The van der Waals surface area contributed by atoms with Crippen molar-refractivity contribution in [2.24, 2.45) is 0 Å². The van der Waals surface area contributed by atoms with Crippen molar-refractivity contribution in [2.45, 2.75) is 6.92 Å². The first-order valence-corrected chi connectivity index (χ1v) is 6.59. The molecule has 4 heteroatoms. The molecule has 3 rings (SSSR count). The minimum atomic E-state index is -0.949. The number of aryl methyl sites for hydroxylation is 1. The third kappa shape index (κ3) is 2.69. The quantitative estimate of drug-likeness (QED) is 0.760. The Morgan fingerprint density at radius 3 is 2.76 bits per heavy atom. The zero-order chi connectivity index (χ0) is 14.8. The number of nitrogens with one attached hydrogen (secondary N) is 1. The number of carboxylic acids is 1. The number of rotatable bonds is 3. The summed E-state index contributed by atoms with van der Waals surface area (Å²) in [6.45, 7) is 1.87. The maximum atomic E-state index is 11.3. The summed E-state index contributed by atoms with van der Waals surface area (Å²) in [5.41, 5.74) is 3.40. The van der Waals surface area contributed by atoms with Crippen molar-refractivity contribution in [3.05, 3.63) is 65.9 Å². The van der Waals surface area contributed by atoms with Gasteiger partial charge in [0.25, 0.3) is 0 Å². The summed E-state index contributed by atoms with van der Waals surface area (Å²) in [7, 11) is 0. The minimum Gasteiger partial charge on any atom is -0.478 e. The Hall–Kier alpha value is -2.88. The van der Waals surface area contributed by atoms with Gasteiger partial charge in [0.1, 0.15) is 0 Å². The van der Waals surface area contributed by atoms with Gasteiger partial charge in [-0.05, 0) is 31.2 Å². The molecule has 0 bridgehead atoms. The summed E-state index contributed by atoms with van der Waals surface area (Å²) < 4.78 is 0. The molecule has 0 atom stereocenters. The minimum absolute atomic E-state index is 0.253. The van der Waals surface area contributed by atoms with E-state index >= 15 is 0 Å². The van der Waals surface area contributed by atoms with Crippen molar-refractivity contribution in [3.8, 4) is 0 Å². The average molecular weight is 278 g/mol. The summed E-state index contributed by atoms with van der Waals surface area (Å²) in [6, 6.07) is 15.0. The number of carbonyl (C=O) groups is 1. The summed E-state index contributed by atoms with van der Waals surface area (Å²) in [6.07, 6.45) is 1.70. The number of carboxylic acid groups (broad SMARTS) is 1. The van der Waals surface area contributed by atoms with E-state index in [1.807, 2.05) is 43.3 Å². The van der Waals surface area contributed by atoms with Gasteiger partial charge in [-0.2, -0.15) is 0 Å². The van der Waals surface area contributed by atoms with Crippen LogP contribution in [0.15, 0.2) is 54.7 Å². The number of anilines is 2. The zero-order valence-electron chi connectivity index (χ0n) is 11.5. The fourth-order valence-corrected chi connectivity index (χ4v) is 2.24. The second-order valence-corrected chi connectivity index (χ2v) is 4.90. The van der Waals surface area contributed by atoms with Crippen LogP contribution in [0, 0.1) is 6.92 Å². The molecule has 2 N–H and O–H groups in total. The second kappa shape index (κ2) is 5.25. The van der Waals surface area contributed by atoms with E-state index in [0.717, 1.165) is 22.2 Å². The first-order valence-electron chi connectivity index (χ1n) is 6.59. The normalized spacial score (nSPS) is 10.5. The van der Waals surface area contributed by atoms with Crippen LogP contribution in [0.5, 0.6) is 0 Å². The van der Waals surface area contributed by atoms with Gasteiger partial charge in [0.05, 0.1) is 28.7 Å². The number of aromatic carboxylic acids is 1. The summed E-state index contributed by atoms with van der Waals surface area (Å²) in [5, 5.41) is 13.4. The van der Waals surface area contributed by atoms with Gasteiger partial charge in [-0.1, -0.05) is 29.8 Å². The van der Waals surface area contributed by atoms with Crippen LogP contribution in [0.25, 0.3) is 10.9 Å². The molecule has 0 saturated carbocycles. The molecule has 2 aromatic carbocycles. The van der Waals surface area contributed by atoms with E-state index in [0.29, 0.717) is 5.69 Å². The van der Waals surface area contributed by atoms with E-state index in [4.69, 9.17) is 0 Å². The number of benzene rings is 2. The molecule has 21 heavy (non-hydrogen) atoms. The lowest BCUT2D eigenvalue weighted by Crippen LogP contribution is -2.03.